The predicted octanol–water partition coefficient (Wildman–Crippen LogP) is 5.62. The number of hydrogen-bond acceptors (Lipinski definition) is 7. The molecule has 1 N–H and O–H groups in total. The lowest BCUT2D eigenvalue weighted by Gasteiger charge is -2.37. The van der Waals surface area contributed by atoms with Crippen molar-refractivity contribution >= 4 is 20.4 Å². The van der Waals surface area contributed by atoms with E-state index in [0.29, 0.717) is 0 Å². The maximum atomic E-state index is 12.4. The molecule has 0 saturated carbocycles. The molecule has 0 unspecified atom stereocenters. The first kappa shape index (κ1) is 26.6. The average Bonchev–Trinajstić information content (AvgIpc) is 3.18. The summed E-state index contributed by atoms with van der Waals surface area (Å²) >= 11 is 0. The molecule has 0 fully saturated rings. The van der Waals surface area contributed by atoms with Crippen molar-refractivity contribution in [2.24, 2.45) is 0 Å². The Hall–Kier alpha value is -2.65. The molecule has 1 aromatic heterocycles. The average molecular weight is 477 g/mol. The van der Waals surface area contributed by atoms with Crippen LogP contribution in [-0.4, -0.2) is 37.6 Å². The van der Waals surface area contributed by atoms with Gasteiger partial charge in [0.25, 0.3) is 0 Å². The van der Waals surface area contributed by atoms with Crippen molar-refractivity contribution in [3.05, 3.63) is 53.7 Å². The number of esters is 1. The van der Waals surface area contributed by atoms with Crippen molar-refractivity contribution in [1.29, 1.82) is 0 Å². The Bertz CT molecular complexity index is 928. The van der Waals surface area contributed by atoms with Crippen LogP contribution in [-0.2, 0) is 20.5 Å². The Balaban J connectivity index is 2.14. The van der Waals surface area contributed by atoms with Crippen LogP contribution in [0.5, 0.6) is 0 Å². The summed E-state index contributed by atoms with van der Waals surface area (Å²) in [6.07, 6.45) is 0.594. The first-order valence-corrected chi connectivity index (χ1v) is 13.9. The monoisotopic (exact) mass is 476 g/mol. The third-order valence-corrected chi connectivity index (χ3v) is 9.85. The van der Waals surface area contributed by atoms with Gasteiger partial charge in [0.2, 0.25) is 5.89 Å². The van der Waals surface area contributed by atoms with Crippen LogP contribution >= 0.6 is 0 Å². The van der Waals surface area contributed by atoms with Gasteiger partial charge < -0.3 is 23.6 Å². The summed E-state index contributed by atoms with van der Waals surface area (Å²) in [6, 6.07) is 8.61. The highest BCUT2D eigenvalue weighted by molar-refractivity contribution is 6.74. The number of aromatic nitrogens is 1. The van der Waals surface area contributed by atoms with Gasteiger partial charge in [0, 0.05) is 0 Å². The van der Waals surface area contributed by atoms with E-state index in [1.165, 1.54) is 6.26 Å². The molecule has 1 heterocycles. The Morgan fingerprint density at radius 1 is 1.09 bits per heavy atom. The van der Waals surface area contributed by atoms with Crippen molar-refractivity contribution in [2.75, 3.05) is 6.61 Å². The van der Waals surface area contributed by atoms with E-state index in [9.17, 15) is 9.59 Å². The van der Waals surface area contributed by atoms with Gasteiger partial charge in [-0.15, -0.1) is 0 Å². The SMILES string of the molecule is CC(C)(C)OC(=O)N[C@@H](CO[Si](C)(C)C(C)(C)C)c1nc(C(=O)OCc2ccccc2)co1. The van der Waals surface area contributed by atoms with Gasteiger partial charge in [-0.2, -0.15) is 0 Å². The van der Waals surface area contributed by atoms with Crippen LogP contribution in [0.15, 0.2) is 41.0 Å². The van der Waals surface area contributed by atoms with E-state index in [1.54, 1.807) is 20.8 Å². The number of hydrogen-bond donors (Lipinski definition) is 1. The summed E-state index contributed by atoms with van der Waals surface area (Å²) in [5, 5.41) is 2.73. The van der Waals surface area contributed by atoms with E-state index in [-0.39, 0.29) is 29.8 Å². The first-order chi connectivity index (χ1) is 15.2. The number of nitrogens with one attached hydrogen (secondary N) is 1. The second kappa shape index (κ2) is 10.5. The lowest BCUT2D eigenvalue weighted by molar-refractivity contribution is 0.0462. The molecule has 0 aliphatic heterocycles. The minimum atomic E-state index is -2.12. The van der Waals surface area contributed by atoms with Gasteiger partial charge in [0.15, 0.2) is 14.0 Å². The molecule has 1 atom stereocenters. The molecule has 182 valence electrons. The molecule has 0 aliphatic carbocycles. The molecule has 1 aromatic carbocycles. The molecular weight excluding hydrogens is 440 g/mol. The molecule has 0 radical (unpaired) electrons. The van der Waals surface area contributed by atoms with Gasteiger partial charge in [-0.3, -0.25) is 0 Å². The molecule has 0 bridgehead atoms. The van der Waals surface area contributed by atoms with Gasteiger partial charge in [0.1, 0.15) is 24.5 Å². The van der Waals surface area contributed by atoms with Gasteiger partial charge in [-0.05, 0) is 44.5 Å². The van der Waals surface area contributed by atoms with Gasteiger partial charge >= 0.3 is 12.1 Å². The number of nitrogens with zero attached hydrogens (tertiary/aromatic N) is 1. The summed E-state index contributed by atoms with van der Waals surface area (Å²) in [4.78, 5) is 29.1. The van der Waals surface area contributed by atoms with E-state index >= 15 is 0 Å². The zero-order valence-electron chi connectivity index (χ0n) is 20.9. The van der Waals surface area contributed by atoms with Crippen LogP contribution in [0.1, 0.15) is 69.5 Å². The molecule has 33 heavy (non-hydrogen) atoms. The van der Waals surface area contributed by atoms with Crippen LogP contribution in [0.25, 0.3) is 0 Å². The summed E-state index contributed by atoms with van der Waals surface area (Å²) in [6.45, 7) is 16.2. The topological polar surface area (TPSA) is 99.9 Å². The number of amides is 1. The number of alkyl carbamates (subject to hydrolysis) is 1. The highest BCUT2D eigenvalue weighted by Crippen LogP contribution is 2.37. The number of ether oxygens (including phenoxy) is 2. The lowest BCUT2D eigenvalue weighted by atomic mass is 10.2. The Kier molecular flexibility index (Phi) is 8.48. The van der Waals surface area contributed by atoms with E-state index in [0.717, 1.165) is 5.56 Å². The number of carbonyl (C=O) groups excluding carboxylic acids is 2. The van der Waals surface area contributed by atoms with Crippen LogP contribution < -0.4 is 5.32 Å². The fourth-order valence-corrected chi connectivity index (χ4v) is 3.49. The zero-order valence-corrected chi connectivity index (χ0v) is 21.9. The minimum Gasteiger partial charge on any atom is -0.456 e. The largest absolute Gasteiger partial charge is 0.456 e. The van der Waals surface area contributed by atoms with Gasteiger partial charge in [-0.1, -0.05) is 51.1 Å². The van der Waals surface area contributed by atoms with Crippen molar-refractivity contribution in [3.8, 4) is 0 Å². The fourth-order valence-electron chi connectivity index (χ4n) is 2.47. The Labute approximate surface area is 197 Å². The van der Waals surface area contributed by atoms with E-state index in [4.69, 9.17) is 18.3 Å². The predicted molar refractivity (Wildman–Crippen MR) is 127 cm³/mol. The van der Waals surface area contributed by atoms with E-state index in [1.807, 2.05) is 30.3 Å². The normalized spacial score (nSPS) is 13.3. The zero-order chi connectivity index (χ0) is 24.9. The van der Waals surface area contributed by atoms with Crippen molar-refractivity contribution < 1.29 is 27.9 Å². The summed E-state index contributed by atoms with van der Waals surface area (Å²) in [7, 11) is -2.12. The summed E-state index contributed by atoms with van der Waals surface area (Å²) in [5.41, 5.74) is 0.212. The quantitative estimate of drug-likeness (QED) is 0.390. The standard InChI is InChI=1S/C24H36N2O6Si/c1-23(2,3)32-22(28)26-18(16-31-33(7,8)24(4,5)6)20-25-19(15-29-20)21(27)30-14-17-12-10-9-11-13-17/h9-13,15,18H,14,16H2,1-8H3,(H,26,28)/t18-/m0/s1. The second-order valence-electron chi connectivity index (χ2n) is 10.4. The molecule has 2 rings (SSSR count). The van der Waals surface area contributed by atoms with Gasteiger partial charge in [0.05, 0.1) is 6.61 Å². The van der Waals surface area contributed by atoms with Crippen LogP contribution in [0.3, 0.4) is 0 Å². The smallest absolute Gasteiger partial charge is 0.408 e. The number of rotatable bonds is 8. The van der Waals surface area contributed by atoms with Crippen LogP contribution in [0.2, 0.25) is 18.1 Å². The lowest BCUT2D eigenvalue weighted by Crippen LogP contribution is -2.44. The molecule has 2 aromatic rings. The van der Waals surface area contributed by atoms with Crippen LogP contribution in [0.4, 0.5) is 4.79 Å². The number of benzene rings is 1. The van der Waals surface area contributed by atoms with Crippen molar-refractivity contribution in [2.45, 2.75) is 77.9 Å². The first-order valence-electron chi connectivity index (χ1n) is 11.0. The summed E-state index contributed by atoms with van der Waals surface area (Å²) in [5.74, 6) is -0.471. The Morgan fingerprint density at radius 3 is 2.30 bits per heavy atom. The molecule has 0 spiro atoms. The maximum Gasteiger partial charge on any atom is 0.408 e. The Morgan fingerprint density at radius 2 is 1.73 bits per heavy atom. The number of carbonyl (C=O) groups is 2. The molecule has 9 heteroatoms. The molecular formula is C24H36N2O6Si. The molecule has 0 aliphatic rings. The van der Waals surface area contributed by atoms with Crippen molar-refractivity contribution in [1.82, 2.24) is 10.3 Å². The highest BCUT2D eigenvalue weighted by atomic mass is 28.4. The van der Waals surface area contributed by atoms with E-state index in [2.05, 4.69) is 44.2 Å². The maximum absolute atomic E-state index is 12.4. The van der Waals surface area contributed by atoms with Crippen molar-refractivity contribution in [3.63, 3.8) is 0 Å². The van der Waals surface area contributed by atoms with Crippen LogP contribution in [0, 0.1) is 0 Å². The molecule has 0 saturated heterocycles. The summed E-state index contributed by atoms with van der Waals surface area (Å²) < 4.78 is 22.5. The van der Waals surface area contributed by atoms with E-state index < -0.39 is 32.0 Å². The second-order valence-corrected chi connectivity index (χ2v) is 15.2. The molecule has 1 amide bonds. The highest BCUT2D eigenvalue weighted by Gasteiger charge is 2.38. The fraction of sp³-hybridized carbons (Fsp3) is 0.542. The number of oxazole rings is 1. The molecule has 8 nitrogen and oxygen atoms in total. The third kappa shape index (κ3) is 8.32. The third-order valence-electron chi connectivity index (χ3n) is 5.35. The van der Waals surface area contributed by atoms with Gasteiger partial charge in [-0.25, -0.2) is 14.6 Å². The minimum absolute atomic E-state index is 0.0178.